The van der Waals surface area contributed by atoms with Crippen molar-refractivity contribution < 1.29 is 23.1 Å². The second-order valence-corrected chi connectivity index (χ2v) is 10.7. The Kier molecular flexibility index (Phi) is 10.3. The molecule has 0 spiro atoms. The van der Waals surface area contributed by atoms with Gasteiger partial charge in [-0.2, -0.15) is 0 Å². The molecule has 1 unspecified atom stereocenters. The minimum Gasteiger partial charge on any atom is -0.480 e. The molecular formula is C27H33N5O5S. The Morgan fingerprint density at radius 1 is 0.974 bits per heavy atom. The average Bonchev–Trinajstić information content (AvgIpc) is 2.93. The summed E-state index contributed by atoms with van der Waals surface area (Å²) in [6, 6.07) is 17.0. The summed E-state index contributed by atoms with van der Waals surface area (Å²) >= 11 is 0. The number of piperidine rings is 1. The van der Waals surface area contributed by atoms with Crippen LogP contribution in [-0.2, 0) is 26.0 Å². The smallest absolute Gasteiger partial charge is 0.326 e. The number of nitrogens with one attached hydrogen (secondary N) is 4. The number of amides is 1. The number of carboxylic acid groups (broad SMARTS) is 1. The van der Waals surface area contributed by atoms with E-state index in [1.807, 2.05) is 12.1 Å². The largest absolute Gasteiger partial charge is 0.480 e. The molecule has 0 aliphatic carbocycles. The molecule has 0 aromatic heterocycles. The van der Waals surface area contributed by atoms with Gasteiger partial charge in [-0.1, -0.05) is 61.0 Å². The van der Waals surface area contributed by atoms with E-state index in [9.17, 15) is 23.1 Å². The highest BCUT2D eigenvalue weighted by Crippen LogP contribution is 2.18. The standard InChI is InChI=1S/C22H22N4O5S.C5H11N/c23-21(24)16-7-5-14(6-8-16)11-19(22(28)29)26-20(27)13-25-32(30,31)18-10-9-15-3-1-2-4-17(15)12-18;1-2-4-6-5-3-1/h1-10,12,19,25H,11,13H2,(H3,23,24)(H,26,27)(H,28,29);6H,1-5H2. The predicted molar refractivity (Wildman–Crippen MR) is 147 cm³/mol. The minimum absolute atomic E-state index is 0.00402. The number of benzene rings is 3. The predicted octanol–water partition coefficient (Wildman–Crippen LogP) is 1.97. The van der Waals surface area contributed by atoms with Gasteiger partial charge in [0.1, 0.15) is 11.9 Å². The van der Waals surface area contributed by atoms with Crippen LogP contribution in [0.4, 0.5) is 0 Å². The number of sulfonamides is 1. The van der Waals surface area contributed by atoms with Crippen LogP contribution in [0, 0.1) is 5.41 Å². The molecule has 0 saturated carbocycles. The number of hydrogen-bond donors (Lipinski definition) is 6. The van der Waals surface area contributed by atoms with Crippen molar-refractivity contribution >= 4 is 38.5 Å². The van der Waals surface area contributed by atoms with Gasteiger partial charge >= 0.3 is 5.97 Å². The lowest BCUT2D eigenvalue weighted by molar-refractivity contribution is -0.141. The molecule has 1 aliphatic rings. The van der Waals surface area contributed by atoms with Crippen LogP contribution in [-0.4, -0.2) is 56.9 Å². The molecule has 1 heterocycles. The van der Waals surface area contributed by atoms with Crippen LogP contribution >= 0.6 is 0 Å². The maximum Gasteiger partial charge on any atom is 0.326 e. The highest BCUT2D eigenvalue weighted by Gasteiger charge is 2.22. The molecule has 38 heavy (non-hydrogen) atoms. The molecule has 7 N–H and O–H groups in total. The summed E-state index contributed by atoms with van der Waals surface area (Å²) in [5.74, 6) is -2.15. The van der Waals surface area contributed by atoms with Crippen molar-refractivity contribution in [1.82, 2.24) is 15.4 Å². The summed E-state index contributed by atoms with van der Waals surface area (Å²) < 4.78 is 27.3. The number of nitrogen functional groups attached to an aromatic ring is 1. The Balaban J connectivity index is 0.000000585. The number of carboxylic acids is 1. The number of carbonyl (C=O) groups excluding carboxylic acids is 1. The minimum atomic E-state index is -3.96. The zero-order valence-electron chi connectivity index (χ0n) is 20.9. The lowest BCUT2D eigenvalue weighted by Crippen LogP contribution is -2.46. The summed E-state index contributed by atoms with van der Waals surface area (Å²) in [5.41, 5.74) is 6.50. The quantitative estimate of drug-likeness (QED) is 0.178. The Morgan fingerprint density at radius 2 is 1.63 bits per heavy atom. The third-order valence-corrected chi connectivity index (χ3v) is 7.40. The molecule has 4 rings (SSSR count). The Morgan fingerprint density at radius 3 is 2.18 bits per heavy atom. The van der Waals surface area contributed by atoms with Crippen molar-refractivity contribution in [1.29, 1.82) is 5.41 Å². The van der Waals surface area contributed by atoms with Gasteiger partial charge in [-0.15, -0.1) is 0 Å². The maximum atomic E-state index is 12.5. The lowest BCUT2D eigenvalue weighted by atomic mass is 10.0. The fourth-order valence-corrected chi connectivity index (χ4v) is 4.90. The van der Waals surface area contributed by atoms with E-state index >= 15 is 0 Å². The third kappa shape index (κ3) is 8.65. The molecule has 1 saturated heterocycles. The van der Waals surface area contributed by atoms with E-state index in [2.05, 4.69) is 15.4 Å². The summed E-state index contributed by atoms with van der Waals surface area (Å²) in [6.45, 7) is 1.89. The zero-order chi connectivity index (χ0) is 27.5. The van der Waals surface area contributed by atoms with Crippen molar-refractivity contribution in [3.8, 4) is 0 Å². The van der Waals surface area contributed by atoms with Crippen molar-refractivity contribution in [2.45, 2.75) is 36.6 Å². The molecule has 11 heteroatoms. The van der Waals surface area contributed by atoms with E-state index in [4.69, 9.17) is 11.1 Å². The zero-order valence-corrected chi connectivity index (χ0v) is 21.8. The lowest BCUT2D eigenvalue weighted by Gasteiger charge is -2.15. The summed E-state index contributed by atoms with van der Waals surface area (Å²) in [5, 5.41) is 24.0. The second-order valence-electron chi connectivity index (χ2n) is 8.92. The van der Waals surface area contributed by atoms with Gasteiger partial charge in [-0.05, 0) is 54.4 Å². The topological polar surface area (TPSA) is 174 Å². The molecule has 3 aromatic carbocycles. The number of rotatable bonds is 9. The van der Waals surface area contributed by atoms with E-state index < -0.39 is 34.5 Å². The van der Waals surface area contributed by atoms with Crippen LogP contribution < -0.4 is 21.1 Å². The van der Waals surface area contributed by atoms with E-state index in [0.29, 0.717) is 11.1 Å². The highest BCUT2D eigenvalue weighted by atomic mass is 32.2. The number of aliphatic carboxylic acids is 1. The first kappa shape index (κ1) is 28.8. The maximum absolute atomic E-state index is 12.5. The molecule has 202 valence electrons. The Bertz CT molecular complexity index is 1360. The number of hydrogen-bond acceptors (Lipinski definition) is 6. The van der Waals surface area contributed by atoms with Crippen molar-refractivity contribution in [3.05, 3.63) is 77.9 Å². The highest BCUT2D eigenvalue weighted by molar-refractivity contribution is 7.89. The monoisotopic (exact) mass is 539 g/mol. The first-order valence-electron chi connectivity index (χ1n) is 12.3. The molecule has 1 amide bonds. The Labute approximate surface area is 222 Å². The van der Waals surface area contributed by atoms with Gasteiger partial charge in [0.25, 0.3) is 0 Å². The number of amidine groups is 1. The number of carbonyl (C=O) groups is 2. The van der Waals surface area contributed by atoms with Crippen molar-refractivity contribution in [2.24, 2.45) is 5.73 Å². The second kappa shape index (κ2) is 13.7. The normalized spacial score (nSPS) is 14.1. The van der Waals surface area contributed by atoms with Crippen LogP contribution in [0.15, 0.2) is 71.6 Å². The van der Waals surface area contributed by atoms with Crippen molar-refractivity contribution in [3.63, 3.8) is 0 Å². The molecule has 10 nitrogen and oxygen atoms in total. The van der Waals surface area contributed by atoms with E-state index in [1.165, 1.54) is 44.5 Å². The summed E-state index contributed by atoms with van der Waals surface area (Å²) in [4.78, 5) is 23.8. The first-order valence-corrected chi connectivity index (χ1v) is 13.8. The number of nitrogens with two attached hydrogens (primary N) is 1. The molecule has 3 aromatic rings. The fraction of sp³-hybridized carbons (Fsp3) is 0.296. The van der Waals surface area contributed by atoms with Gasteiger partial charge in [0.15, 0.2) is 0 Å². The van der Waals surface area contributed by atoms with Crippen LogP contribution in [0.1, 0.15) is 30.4 Å². The van der Waals surface area contributed by atoms with E-state index in [-0.39, 0.29) is 17.2 Å². The van der Waals surface area contributed by atoms with Crippen LogP contribution in [0.3, 0.4) is 0 Å². The van der Waals surface area contributed by atoms with Crippen LogP contribution in [0.25, 0.3) is 10.8 Å². The molecule has 0 radical (unpaired) electrons. The first-order chi connectivity index (χ1) is 18.2. The summed E-state index contributed by atoms with van der Waals surface area (Å²) in [6.07, 6.45) is 4.20. The Hall–Kier alpha value is -3.80. The summed E-state index contributed by atoms with van der Waals surface area (Å²) in [7, 11) is -3.96. The fourth-order valence-electron chi connectivity index (χ4n) is 3.88. The molecular weight excluding hydrogens is 506 g/mol. The molecule has 1 aliphatic heterocycles. The van der Waals surface area contributed by atoms with Crippen molar-refractivity contribution in [2.75, 3.05) is 19.6 Å². The molecule has 1 fully saturated rings. The van der Waals surface area contributed by atoms with Gasteiger partial charge in [0.2, 0.25) is 15.9 Å². The number of fused-ring (bicyclic) bond motifs is 1. The van der Waals surface area contributed by atoms with Crippen LogP contribution in [0.5, 0.6) is 0 Å². The average molecular weight is 540 g/mol. The van der Waals surface area contributed by atoms with Gasteiger partial charge < -0.3 is 21.5 Å². The third-order valence-electron chi connectivity index (χ3n) is 6.00. The van der Waals surface area contributed by atoms with Gasteiger partial charge in [-0.3, -0.25) is 10.2 Å². The van der Waals surface area contributed by atoms with Gasteiger partial charge in [0.05, 0.1) is 11.4 Å². The van der Waals surface area contributed by atoms with Crippen LogP contribution in [0.2, 0.25) is 0 Å². The SMILES string of the molecule is C1CCNCC1.N=C(N)c1ccc(CC(NC(=O)CNS(=O)(=O)c2ccc3ccccc3c2)C(=O)O)cc1. The molecule has 1 atom stereocenters. The van der Waals surface area contributed by atoms with Gasteiger partial charge in [-0.25, -0.2) is 17.9 Å². The van der Waals surface area contributed by atoms with E-state index in [1.54, 1.807) is 42.5 Å². The molecule has 0 bridgehead atoms. The van der Waals surface area contributed by atoms with Gasteiger partial charge in [0, 0.05) is 12.0 Å². The van der Waals surface area contributed by atoms with E-state index in [0.717, 1.165) is 10.8 Å².